The fourth-order valence-electron chi connectivity index (χ4n) is 6.38. The highest BCUT2D eigenvalue weighted by molar-refractivity contribution is 6.05. The summed E-state index contributed by atoms with van der Waals surface area (Å²) >= 11 is 0. The lowest BCUT2D eigenvalue weighted by Crippen LogP contribution is -2.39. The Kier molecular flexibility index (Phi) is 7.60. The lowest BCUT2D eigenvalue weighted by molar-refractivity contribution is -0.274. The van der Waals surface area contributed by atoms with Gasteiger partial charge in [-0.25, -0.2) is 18.7 Å². The number of furan rings is 1. The second-order valence-corrected chi connectivity index (χ2v) is 11.5. The van der Waals surface area contributed by atoms with Gasteiger partial charge in [-0.1, -0.05) is 19.1 Å². The molecule has 0 radical (unpaired) electrons. The molecule has 2 N–H and O–H groups in total. The predicted molar refractivity (Wildman–Crippen MR) is 153 cm³/mol. The van der Waals surface area contributed by atoms with Gasteiger partial charge >= 0.3 is 6.36 Å². The van der Waals surface area contributed by atoms with E-state index in [1.165, 1.54) is 23.1 Å². The predicted octanol–water partition coefficient (Wildman–Crippen LogP) is 5.50. The van der Waals surface area contributed by atoms with Crippen molar-refractivity contribution >= 4 is 38.9 Å². The molecule has 0 bridgehead atoms. The minimum atomic E-state index is -4.89. The molecule has 11 nitrogen and oxygen atoms in total. The second-order valence-electron chi connectivity index (χ2n) is 11.5. The van der Waals surface area contributed by atoms with E-state index >= 15 is 0 Å². The van der Waals surface area contributed by atoms with Crippen LogP contribution >= 0.6 is 0 Å². The SMILES string of the molecule is C[C@H]1COCC[C@@H]1n1c(O[C@H]2C[C@@H](C(O)O)N(c3nc(C(F)F)nc4c3oc3ccccc34)C2)nc2cc(OC(F)(F)F)ccc21. The Balaban J connectivity index is 1.28. The average molecular weight is 650 g/mol. The van der Waals surface area contributed by atoms with Crippen LogP contribution in [-0.2, 0) is 4.74 Å². The third-order valence-electron chi connectivity index (χ3n) is 8.40. The van der Waals surface area contributed by atoms with Crippen molar-refractivity contribution in [3.05, 3.63) is 48.3 Å². The Hall–Kier alpha value is -4.28. The number of aromatic nitrogens is 4. The summed E-state index contributed by atoms with van der Waals surface area (Å²) in [6.07, 6.45) is -10.0. The Labute approximate surface area is 257 Å². The van der Waals surface area contributed by atoms with Gasteiger partial charge in [-0.05, 0) is 30.7 Å². The first kappa shape index (κ1) is 30.4. The summed E-state index contributed by atoms with van der Waals surface area (Å²) in [7, 11) is 0. The molecule has 2 saturated heterocycles. The largest absolute Gasteiger partial charge is 0.573 e. The molecule has 0 saturated carbocycles. The van der Waals surface area contributed by atoms with E-state index in [0.29, 0.717) is 36.1 Å². The molecule has 4 atom stereocenters. The van der Waals surface area contributed by atoms with Gasteiger partial charge in [0.1, 0.15) is 23.0 Å². The van der Waals surface area contributed by atoms with Gasteiger partial charge in [0.05, 0.1) is 30.2 Å². The van der Waals surface area contributed by atoms with E-state index in [1.807, 2.05) is 11.5 Å². The second kappa shape index (κ2) is 11.5. The van der Waals surface area contributed by atoms with Crippen LogP contribution in [0.5, 0.6) is 11.8 Å². The summed E-state index contributed by atoms with van der Waals surface area (Å²) < 4.78 is 90.7. The van der Waals surface area contributed by atoms with Gasteiger partial charge in [-0.15, -0.1) is 13.2 Å². The highest BCUT2D eigenvalue weighted by atomic mass is 19.4. The topological polar surface area (TPSA) is 128 Å². The number of ether oxygens (including phenoxy) is 3. The van der Waals surface area contributed by atoms with Crippen LogP contribution in [0.4, 0.5) is 27.8 Å². The molecule has 0 spiro atoms. The molecule has 2 fully saturated rings. The van der Waals surface area contributed by atoms with Gasteiger partial charge in [0.25, 0.3) is 12.4 Å². The molecule has 7 rings (SSSR count). The molecular weight excluding hydrogens is 621 g/mol. The van der Waals surface area contributed by atoms with E-state index in [9.17, 15) is 32.2 Å². The van der Waals surface area contributed by atoms with Crippen LogP contribution in [0.2, 0.25) is 0 Å². The summed E-state index contributed by atoms with van der Waals surface area (Å²) in [5.74, 6) is -1.25. The van der Waals surface area contributed by atoms with Crippen molar-refractivity contribution in [2.75, 3.05) is 24.7 Å². The maximum atomic E-state index is 14.0. The van der Waals surface area contributed by atoms with E-state index in [0.717, 1.165) is 0 Å². The molecule has 5 aromatic rings. The number of hydrogen-bond acceptors (Lipinski definition) is 10. The summed E-state index contributed by atoms with van der Waals surface area (Å²) in [5.41, 5.74) is 1.35. The van der Waals surface area contributed by atoms with Gasteiger partial charge < -0.3 is 33.7 Å². The van der Waals surface area contributed by atoms with Crippen LogP contribution in [-0.4, -0.2) is 74.3 Å². The average Bonchev–Trinajstić information content (AvgIpc) is 3.69. The molecule has 0 unspecified atom stereocenters. The number of fused-ring (bicyclic) bond motifs is 4. The molecule has 46 heavy (non-hydrogen) atoms. The minimum Gasteiger partial charge on any atom is -0.459 e. The Morgan fingerprint density at radius 3 is 2.61 bits per heavy atom. The molecule has 2 aromatic carbocycles. The van der Waals surface area contributed by atoms with Gasteiger partial charge in [0, 0.05) is 36.4 Å². The quantitative estimate of drug-likeness (QED) is 0.172. The highest BCUT2D eigenvalue weighted by Gasteiger charge is 2.41. The molecule has 244 valence electrons. The fraction of sp³-hybridized carbons (Fsp3) is 0.433. The molecule has 16 heteroatoms. The van der Waals surface area contributed by atoms with Gasteiger partial charge in [-0.3, -0.25) is 4.57 Å². The van der Waals surface area contributed by atoms with Crippen molar-refractivity contribution in [1.29, 1.82) is 0 Å². The molecule has 2 aliphatic heterocycles. The van der Waals surface area contributed by atoms with Crippen molar-refractivity contribution in [3.63, 3.8) is 0 Å². The zero-order valence-corrected chi connectivity index (χ0v) is 24.2. The zero-order chi connectivity index (χ0) is 32.3. The monoisotopic (exact) mass is 649 g/mol. The Morgan fingerprint density at radius 1 is 1.07 bits per heavy atom. The number of imidazole rings is 1. The number of alkyl halides is 5. The molecular formula is C30H28F5N5O6. The zero-order valence-electron chi connectivity index (χ0n) is 24.2. The number of aliphatic hydroxyl groups excluding tert-OH is 1. The highest BCUT2D eigenvalue weighted by Crippen LogP contribution is 2.40. The first-order valence-corrected chi connectivity index (χ1v) is 14.6. The van der Waals surface area contributed by atoms with E-state index in [-0.39, 0.29) is 53.4 Å². The lowest BCUT2D eigenvalue weighted by atomic mass is 9.97. The van der Waals surface area contributed by atoms with E-state index in [1.54, 1.807) is 24.3 Å². The van der Waals surface area contributed by atoms with E-state index in [4.69, 9.17) is 13.9 Å². The number of para-hydroxylation sites is 1. The number of rotatable bonds is 7. The number of anilines is 1. The number of hydrogen-bond donors (Lipinski definition) is 2. The van der Waals surface area contributed by atoms with E-state index < -0.39 is 42.8 Å². The Bertz CT molecular complexity index is 1900. The molecule has 0 aliphatic carbocycles. The Morgan fingerprint density at radius 2 is 1.87 bits per heavy atom. The lowest BCUT2D eigenvalue weighted by Gasteiger charge is -2.31. The number of aliphatic hydroxyl groups is 2. The van der Waals surface area contributed by atoms with Crippen molar-refractivity contribution in [2.24, 2.45) is 5.92 Å². The van der Waals surface area contributed by atoms with E-state index in [2.05, 4.69) is 19.7 Å². The smallest absolute Gasteiger partial charge is 0.459 e. The van der Waals surface area contributed by atoms with Crippen LogP contribution in [0, 0.1) is 5.92 Å². The van der Waals surface area contributed by atoms with Crippen LogP contribution in [0.25, 0.3) is 33.1 Å². The van der Waals surface area contributed by atoms with Crippen LogP contribution in [0.15, 0.2) is 46.9 Å². The summed E-state index contributed by atoms with van der Waals surface area (Å²) in [4.78, 5) is 14.1. The standard InChI is InChI=1S/C30H28F5N5O6/c1-14-13-43-9-8-19(14)40-20-7-6-15(46-30(33,34)35)10-18(20)36-29(40)44-16-11-21(28(41)42)39(12-16)27-24-23(37-26(38-27)25(31)32)17-4-2-3-5-22(17)45-24/h2-7,10,14,16,19,21,25,28,41-42H,8-9,11-13H2,1H3/t14-,16-,19-,21-/m0/s1. The summed E-state index contributed by atoms with van der Waals surface area (Å²) in [6, 6.07) is 9.48. The molecule has 3 aromatic heterocycles. The fourth-order valence-corrected chi connectivity index (χ4v) is 6.38. The van der Waals surface area contributed by atoms with Crippen molar-refractivity contribution in [3.8, 4) is 11.8 Å². The summed E-state index contributed by atoms with van der Waals surface area (Å²) in [5, 5.41) is 21.3. The first-order valence-electron chi connectivity index (χ1n) is 14.6. The van der Waals surface area contributed by atoms with Crippen molar-refractivity contribution in [2.45, 2.75) is 57.0 Å². The number of halogens is 5. The number of benzene rings is 2. The van der Waals surface area contributed by atoms with Gasteiger partial charge in [0.2, 0.25) is 0 Å². The first-order chi connectivity index (χ1) is 22.0. The van der Waals surface area contributed by atoms with Gasteiger partial charge in [-0.2, -0.15) is 4.98 Å². The normalized spacial score (nSPS) is 22.6. The summed E-state index contributed by atoms with van der Waals surface area (Å²) in [6.45, 7) is 2.84. The third kappa shape index (κ3) is 5.54. The minimum absolute atomic E-state index is 0.00171. The maximum absolute atomic E-state index is 14.0. The molecule has 5 heterocycles. The van der Waals surface area contributed by atoms with Crippen LogP contribution in [0.3, 0.4) is 0 Å². The molecule has 2 aliphatic rings. The van der Waals surface area contributed by atoms with Crippen LogP contribution < -0.4 is 14.4 Å². The van der Waals surface area contributed by atoms with Crippen molar-refractivity contribution < 1.29 is 50.8 Å². The number of nitrogens with zero attached hydrogens (tertiary/aromatic N) is 5. The maximum Gasteiger partial charge on any atom is 0.573 e. The van der Waals surface area contributed by atoms with Crippen molar-refractivity contribution in [1.82, 2.24) is 19.5 Å². The van der Waals surface area contributed by atoms with Crippen LogP contribution in [0.1, 0.15) is 38.1 Å². The third-order valence-corrected chi connectivity index (χ3v) is 8.40. The molecule has 0 amide bonds. The van der Waals surface area contributed by atoms with Gasteiger partial charge in [0.15, 0.2) is 23.5 Å².